The molecule has 21 heavy (non-hydrogen) atoms. The molecule has 1 unspecified atom stereocenters. The molecule has 112 valence electrons. The molecular weight excluding hydrogens is 264 g/mol. The van der Waals surface area contributed by atoms with Gasteiger partial charge in [-0.05, 0) is 37.6 Å². The van der Waals surface area contributed by atoms with Crippen molar-refractivity contribution in [2.45, 2.75) is 26.3 Å². The Morgan fingerprint density at radius 2 is 2.05 bits per heavy atom. The molecular formula is C16H22N4O. The molecule has 0 saturated heterocycles. The van der Waals surface area contributed by atoms with Crippen LogP contribution in [0.2, 0.25) is 0 Å². The normalized spacial score (nSPS) is 12.1. The van der Waals surface area contributed by atoms with Crippen LogP contribution in [0.4, 0.5) is 5.69 Å². The van der Waals surface area contributed by atoms with Crippen molar-refractivity contribution in [3.63, 3.8) is 0 Å². The molecule has 2 rings (SSSR count). The Labute approximate surface area is 125 Å². The molecule has 5 heteroatoms. The van der Waals surface area contributed by atoms with Gasteiger partial charge in [0.1, 0.15) is 5.69 Å². The molecule has 0 bridgehead atoms. The fourth-order valence-electron chi connectivity index (χ4n) is 2.10. The number of aryl methyl sites for hydroxylation is 1. The number of hydrogen-bond acceptors (Lipinski definition) is 3. The molecule has 1 heterocycles. The number of amides is 1. The quantitative estimate of drug-likeness (QED) is 0.858. The van der Waals surface area contributed by atoms with Crippen molar-refractivity contribution in [3.05, 3.63) is 48.0 Å². The van der Waals surface area contributed by atoms with Gasteiger partial charge in [0.15, 0.2) is 0 Å². The van der Waals surface area contributed by atoms with E-state index in [0.29, 0.717) is 11.7 Å². The number of carbonyl (C=O) groups is 1. The SMILES string of the molecule is CCCNC(C)c1ccc(NC(=O)c2cncn2C)cc1. The molecule has 1 amide bonds. The lowest BCUT2D eigenvalue weighted by molar-refractivity contribution is 0.101. The largest absolute Gasteiger partial charge is 0.330 e. The second-order valence-electron chi connectivity index (χ2n) is 5.14. The van der Waals surface area contributed by atoms with Crippen LogP contribution >= 0.6 is 0 Å². The summed E-state index contributed by atoms with van der Waals surface area (Å²) >= 11 is 0. The van der Waals surface area contributed by atoms with Crippen LogP contribution in [0.15, 0.2) is 36.8 Å². The Balaban J connectivity index is 1.99. The lowest BCUT2D eigenvalue weighted by Gasteiger charge is -2.14. The van der Waals surface area contributed by atoms with Gasteiger partial charge >= 0.3 is 0 Å². The summed E-state index contributed by atoms with van der Waals surface area (Å²) < 4.78 is 1.69. The number of imidazole rings is 1. The number of carbonyl (C=O) groups excluding carboxylic acids is 1. The zero-order chi connectivity index (χ0) is 15.2. The minimum atomic E-state index is -0.153. The van der Waals surface area contributed by atoms with Crippen LogP contribution in [0, 0.1) is 0 Å². The van der Waals surface area contributed by atoms with Crippen LogP contribution < -0.4 is 10.6 Å². The first-order chi connectivity index (χ1) is 10.1. The van der Waals surface area contributed by atoms with Gasteiger partial charge in [-0.2, -0.15) is 0 Å². The van der Waals surface area contributed by atoms with E-state index in [1.54, 1.807) is 24.1 Å². The molecule has 1 aromatic carbocycles. The fourth-order valence-corrected chi connectivity index (χ4v) is 2.10. The number of anilines is 1. The first-order valence-electron chi connectivity index (χ1n) is 7.22. The smallest absolute Gasteiger partial charge is 0.273 e. The van der Waals surface area contributed by atoms with Gasteiger partial charge in [-0.25, -0.2) is 4.98 Å². The summed E-state index contributed by atoms with van der Waals surface area (Å²) in [6, 6.07) is 8.23. The van der Waals surface area contributed by atoms with Crippen molar-refractivity contribution in [1.82, 2.24) is 14.9 Å². The molecule has 0 saturated carbocycles. The Hall–Kier alpha value is -2.14. The highest BCUT2D eigenvalue weighted by atomic mass is 16.1. The summed E-state index contributed by atoms with van der Waals surface area (Å²) in [7, 11) is 1.80. The highest BCUT2D eigenvalue weighted by Gasteiger charge is 2.10. The summed E-state index contributed by atoms with van der Waals surface area (Å²) in [5.41, 5.74) is 2.53. The summed E-state index contributed by atoms with van der Waals surface area (Å²) in [5.74, 6) is -0.153. The predicted octanol–water partition coefficient (Wildman–Crippen LogP) is 2.73. The summed E-state index contributed by atoms with van der Waals surface area (Å²) in [4.78, 5) is 16.0. The number of nitrogens with one attached hydrogen (secondary N) is 2. The Bertz CT molecular complexity index is 589. The molecule has 2 aromatic rings. The van der Waals surface area contributed by atoms with Crippen LogP contribution in [0.3, 0.4) is 0 Å². The molecule has 0 aliphatic rings. The Morgan fingerprint density at radius 3 is 2.62 bits per heavy atom. The molecule has 0 fully saturated rings. The standard InChI is InChI=1S/C16H22N4O/c1-4-9-18-12(2)13-5-7-14(8-6-13)19-16(21)15-10-17-11-20(15)3/h5-8,10-12,18H,4,9H2,1-3H3,(H,19,21). The van der Waals surface area contributed by atoms with Crippen molar-refractivity contribution in [2.75, 3.05) is 11.9 Å². The Morgan fingerprint density at radius 1 is 1.33 bits per heavy atom. The van der Waals surface area contributed by atoms with Gasteiger partial charge in [-0.15, -0.1) is 0 Å². The zero-order valence-corrected chi connectivity index (χ0v) is 12.8. The number of rotatable bonds is 6. The highest BCUT2D eigenvalue weighted by Crippen LogP contribution is 2.16. The van der Waals surface area contributed by atoms with E-state index in [1.165, 1.54) is 5.56 Å². The third-order valence-electron chi connectivity index (χ3n) is 3.42. The maximum atomic E-state index is 12.1. The molecule has 2 N–H and O–H groups in total. The first kappa shape index (κ1) is 15.3. The van der Waals surface area contributed by atoms with Gasteiger partial charge in [-0.3, -0.25) is 4.79 Å². The number of aromatic nitrogens is 2. The van der Waals surface area contributed by atoms with Gasteiger partial charge < -0.3 is 15.2 Å². The third-order valence-corrected chi connectivity index (χ3v) is 3.42. The maximum Gasteiger partial charge on any atom is 0.273 e. The molecule has 1 atom stereocenters. The molecule has 0 radical (unpaired) electrons. The Kier molecular flexibility index (Phi) is 5.11. The zero-order valence-electron chi connectivity index (χ0n) is 12.8. The predicted molar refractivity (Wildman–Crippen MR) is 84.3 cm³/mol. The van der Waals surface area contributed by atoms with Crippen molar-refractivity contribution >= 4 is 11.6 Å². The van der Waals surface area contributed by atoms with E-state index in [9.17, 15) is 4.79 Å². The van der Waals surface area contributed by atoms with E-state index in [1.807, 2.05) is 24.3 Å². The topological polar surface area (TPSA) is 58.9 Å². The monoisotopic (exact) mass is 286 g/mol. The van der Waals surface area contributed by atoms with Crippen molar-refractivity contribution in [2.24, 2.45) is 7.05 Å². The average molecular weight is 286 g/mol. The summed E-state index contributed by atoms with van der Waals surface area (Å²) in [6.45, 7) is 5.29. The van der Waals surface area contributed by atoms with E-state index in [2.05, 4.69) is 29.5 Å². The van der Waals surface area contributed by atoms with Gasteiger partial charge in [0.25, 0.3) is 5.91 Å². The number of hydrogen-bond donors (Lipinski definition) is 2. The highest BCUT2D eigenvalue weighted by molar-refractivity contribution is 6.02. The van der Waals surface area contributed by atoms with E-state index < -0.39 is 0 Å². The van der Waals surface area contributed by atoms with Crippen LogP contribution in [0.1, 0.15) is 42.4 Å². The second-order valence-corrected chi connectivity index (χ2v) is 5.14. The molecule has 0 aliphatic heterocycles. The first-order valence-corrected chi connectivity index (χ1v) is 7.22. The molecule has 5 nitrogen and oxygen atoms in total. The fraction of sp³-hybridized carbons (Fsp3) is 0.375. The average Bonchev–Trinajstić information content (AvgIpc) is 2.91. The summed E-state index contributed by atoms with van der Waals surface area (Å²) in [5, 5.41) is 6.31. The van der Waals surface area contributed by atoms with E-state index >= 15 is 0 Å². The molecule has 1 aromatic heterocycles. The van der Waals surface area contributed by atoms with Crippen LogP contribution in [-0.4, -0.2) is 22.0 Å². The summed E-state index contributed by atoms with van der Waals surface area (Å²) in [6.07, 6.45) is 4.28. The van der Waals surface area contributed by atoms with Gasteiger partial charge in [-0.1, -0.05) is 19.1 Å². The van der Waals surface area contributed by atoms with Crippen molar-refractivity contribution in [3.8, 4) is 0 Å². The lowest BCUT2D eigenvalue weighted by Crippen LogP contribution is -2.19. The number of nitrogens with zero attached hydrogens (tertiary/aromatic N) is 2. The number of benzene rings is 1. The van der Waals surface area contributed by atoms with E-state index in [-0.39, 0.29) is 5.91 Å². The van der Waals surface area contributed by atoms with Crippen molar-refractivity contribution in [1.29, 1.82) is 0 Å². The van der Waals surface area contributed by atoms with Gasteiger partial charge in [0.05, 0.1) is 12.5 Å². The molecule has 0 aliphatic carbocycles. The minimum Gasteiger partial charge on any atom is -0.330 e. The van der Waals surface area contributed by atoms with Gasteiger partial charge in [0, 0.05) is 18.8 Å². The van der Waals surface area contributed by atoms with E-state index in [0.717, 1.165) is 18.7 Å². The molecule has 0 spiro atoms. The lowest BCUT2D eigenvalue weighted by atomic mass is 10.1. The van der Waals surface area contributed by atoms with E-state index in [4.69, 9.17) is 0 Å². The van der Waals surface area contributed by atoms with Crippen LogP contribution in [-0.2, 0) is 7.05 Å². The van der Waals surface area contributed by atoms with Crippen LogP contribution in [0.25, 0.3) is 0 Å². The third kappa shape index (κ3) is 3.92. The van der Waals surface area contributed by atoms with Gasteiger partial charge in [0.2, 0.25) is 0 Å². The maximum absolute atomic E-state index is 12.1. The van der Waals surface area contributed by atoms with Crippen LogP contribution in [0.5, 0.6) is 0 Å². The van der Waals surface area contributed by atoms with Crippen molar-refractivity contribution < 1.29 is 4.79 Å². The second kappa shape index (κ2) is 7.04. The minimum absolute atomic E-state index is 0.153.